The van der Waals surface area contributed by atoms with Gasteiger partial charge < -0.3 is 0 Å². The van der Waals surface area contributed by atoms with Crippen molar-refractivity contribution in [3.8, 4) is 33.4 Å². The SMILES string of the molecule is O=[N+]([O-])c1ccc(Cl)cc1-c1cccc(-c2ccc(-c3ccccc3)cc2)c1. The van der Waals surface area contributed by atoms with Crippen LogP contribution < -0.4 is 0 Å². The van der Waals surface area contributed by atoms with Crippen molar-refractivity contribution in [2.24, 2.45) is 0 Å². The van der Waals surface area contributed by atoms with E-state index in [1.165, 1.54) is 12.1 Å². The lowest BCUT2D eigenvalue weighted by molar-refractivity contribution is -0.384. The zero-order chi connectivity index (χ0) is 19.5. The number of hydrogen-bond acceptors (Lipinski definition) is 2. The van der Waals surface area contributed by atoms with Crippen molar-refractivity contribution in [1.29, 1.82) is 0 Å². The number of nitrogens with zero attached hydrogens (tertiary/aromatic N) is 1. The first-order valence-corrected chi connectivity index (χ1v) is 9.20. The molecule has 0 aliphatic rings. The van der Waals surface area contributed by atoms with Gasteiger partial charge in [0, 0.05) is 11.1 Å². The number of halogens is 1. The van der Waals surface area contributed by atoms with Crippen LogP contribution in [0.4, 0.5) is 5.69 Å². The molecule has 0 spiro atoms. The number of rotatable bonds is 4. The Bertz CT molecular complexity index is 1140. The van der Waals surface area contributed by atoms with Crippen LogP contribution in [0, 0.1) is 10.1 Å². The average Bonchev–Trinajstić information content (AvgIpc) is 2.74. The third kappa shape index (κ3) is 3.66. The Morgan fingerprint density at radius 2 is 1.18 bits per heavy atom. The minimum atomic E-state index is -0.382. The molecule has 0 aliphatic heterocycles. The van der Waals surface area contributed by atoms with Gasteiger partial charge in [-0.2, -0.15) is 0 Å². The number of nitro benzene ring substituents is 1. The Kier molecular flexibility index (Phi) is 4.92. The third-order valence-corrected chi connectivity index (χ3v) is 4.89. The quantitative estimate of drug-likeness (QED) is 0.274. The molecule has 0 saturated heterocycles. The lowest BCUT2D eigenvalue weighted by Crippen LogP contribution is -1.92. The molecular weight excluding hydrogens is 370 g/mol. The van der Waals surface area contributed by atoms with Crippen molar-refractivity contribution < 1.29 is 4.92 Å². The summed E-state index contributed by atoms with van der Waals surface area (Å²) in [5.41, 5.74) is 5.67. The Labute approximate surface area is 168 Å². The summed E-state index contributed by atoms with van der Waals surface area (Å²) in [4.78, 5) is 11.0. The van der Waals surface area contributed by atoms with Crippen LogP contribution in [0.15, 0.2) is 97.1 Å². The molecular formula is C24H16ClNO2. The van der Waals surface area contributed by atoms with Crippen LogP contribution in [0.2, 0.25) is 5.02 Å². The van der Waals surface area contributed by atoms with Gasteiger partial charge in [-0.15, -0.1) is 0 Å². The largest absolute Gasteiger partial charge is 0.277 e. The fourth-order valence-corrected chi connectivity index (χ4v) is 3.42. The van der Waals surface area contributed by atoms with Crippen molar-refractivity contribution in [3.05, 3.63) is 112 Å². The molecule has 0 fully saturated rings. The highest BCUT2D eigenvalue weighted by atomic mass is 35.5. The van der Waals surface area contributed by atoms with Crippen molar-refractivity contribution in [1.82, 2.24) is 0 Å². The maximum Gasteiger partial charge on any atom is 0.277 e. The first kappa shape index (κ1) is 18.0. The van der Waals surface area contributed by atoms with E-state index in [9.17, 15) is 10.1 Å². The van der Waals surface area contributed by atoms with Crippen molar-refractivity contribution >= 4 is 17.3 Å². The lowest BCUT2D eigenvalue weighted by Gasteiger charge is -2.08. The highest BCUT2D eigenvalue weighted by Gasteiger charge is 2.16. The van der Waals surface area contributed by atoms with E-state index < -0.39 is 0 Å². The van der Waals surface area contributed by atoms with Crippen molar-refractivity contribution in [3.63, 3.8) is 0 Å². The van der Waals surface area contributed by atoms with E-state index in [1.54, 1.807) is 6.07 Å². The second-order valence-electron chi connectivity index (χ2n) is 6.44. The lowest BCUT2D eigenvalue weighted by atomic mass is 9.96. The summed E-state index contributed by atoms with van der Waals surface area (Å²) in [6.07, 6.45) is 0. The molecule has 136 valence electrons. The van der Waals surface area contributed by atoms with Crippen LogP contribution >= 0.6 is 11.6 Å². The first-order valence-electron chi connectivity index (χ1n) is 8.82. The Morgan fingerprint density at radius 3 is 1.86 bits per heavy atom. The maximum absolute atomic E-state index is 11.4. The molecule has 4 rings (SSSR count). The second-order valence-corrected chi connectivity index (χ2v) is 6.88. The molecule has 0 saturated carbocycles. The third-order valence-electron chi connectivity index (χ3n) is 4.65. The summed E-state index contributed by atoms with van der Waals surface area (Å²) in [6, 6.07) is 30.8. The molecule has 0 atom stereocenters. The Balaban J connectivity index is 1.72. The monoisotopic (exact) mass is 385 g/mol. The molecule has 0 N–H and O–H groups in total. The van der Waals surface area contributed by atoms with Crippen molar-refractivity contribution in [2.75, 3.05) is 0 Å². The number of benzene rings is 4. The van der Waals surface area contributed by atoms with Gasteiger partial charge in [-0.3, -0.25) is 10.1 Å². The number of hydrogen-bond donors (Lipinski definition) is 0. The normalized spacial score (nSPS) is 10.6. The van der Waals surface area contributed by atoms with Gasteiger partial charge in [0.25, 0.3) is 5.69 Å². The van der Waals surface area contributed by atoms with Gasteiger partial charge in [-0.05, 0) is 46.0 Å². The van der Waals surface area contributed by atoms with E-state index in [0.717, 1.165) is 27.8 Å². The van der Waals surface area contributed by atoms with Gasteiger partial charge in [-0.1, -0.05) is 84.4 Å². The van der Waals surface area contributed by atoms with Crippen LogP contribution in [-0.4, -0.2) is 4.92 Å². The molecule has 0 amide bonds. The van der Waals surface area contributed by atoms with Crippen LogP contribution in [0.5, 0.6) is 0 Å². The predicted molar refractivity (Wildman–Crippen MR) is 114 cm³/mol. The molecule has 28 heavy (non-hydrogen) atoms. The molecule has 4 heteroatoms. The highest BCUT2D eigenvalue weighted by Crippen LogP contribution is 2.34. The average molecular weight is 386 g/mol. The first-order chi connectivity index (χ1) is 13.6. The fourth-order valence-electron chi connectivity index (χ4n) is 3.25. The van der Waals surface area contributed by atoms with Gasteiger partial charge >= 0.3 is 0 Å². The van der Waals surface area contributed by atoms with Gasteiger partial charge in [0.1, 0.15) is 0 Å². The minimum Gasteiger partial charge on any atom is -0.258 e. The Morgan fingerprint density at radius 1 is 0.607 bits per heavy atom. The number of nitro groups is 1. The molecule has 3 nitrogen and oxygen atoms in total. The van der Waals surface area contributed by atoms with E-state index in [1.807, 2.05) is 42.5 Å². The molecule has 0 heterocycles. The van der Waals surface area contributed by atoms with Crippen molar-refractivity contribution in [2.45, 2.75) is 0 Å². The second kappa shape index (κ2) is 7.67. The van der Waals surface area contributed by atoms with Gasteiger partial charge in [-0.25, -0.2) is 0 Å². The van der Waals surface area contributed by atoms with Gasteiger partial charge in [0.2, 0.25) is 0 Å². The van der Waals surface area contributed by atoms with Gasteiger partial charge in [0.05, 0.1) is 10.5 Å². The molecule has 0 radical (unpaired) electrons. The molecule has 0 aromatic heterocycles. The fraction of sp³-hybridized carbons (Fsp3) is 0. The molecule has 0 unspecified atom stereocenters. The zero-order valence-corrected chi connectivity index (χ0v) is 15.6. The standard InChI is InChI=1S/C24H16ClNO2/c25-22-13-14-24(26(27)28)23(16-22)21-8-4-7-20(15-21)19-11-9-18(10-12-19)17-5-2-1-3-6-17/h1-16H. The molecule has 0 aliphatic carbocycles. The maximum atomic E-state index is 11.4. The van der Waals surface area contributed by atoms with Crippen LogP contribution in [-0.2, 0) is 0 Å². The Hall–Kier alpha value is -3.43. The topological polar surface area (TPSA) is 43.1 Å². The summed E-state index contributed by atoms with van der Waals surface area (Å²) in [5.74, 6) is 0. The molecule has 4 aromatic rings. The van der Waals surface area contributed by atoms with Crippen LogP contribution in [0.3, 0.4) is 0 Å². The molecule has 4 aromatic carbocycles. The van der Waals surface area contributed by atoms with E-state index in [2.05, 4.69) is 36.4 Å². The zero-order valence-electron chi connectivity index (χ0n) is 14.9. The summed E-state index contributed by atoms with van der Waals surface area (Å²) in [5, 5.41) is 11.9. The molecule has 0 bridgehead atoms. The summed E-state index contributed by atoms with van der Waals surface area (Å²) >= 11 is 6.08. The van der Waals surface area contributed by atoms with Crippen LogP contribution in [0.25, 0.3) is 33.4 Å². The van der Waals surface area contributed by atoms with E-state index in [0.29, 0.717) is 10.6 Å². The highest BCUT2D eigenvalue weighted by molar-refractivity contribution is 6.31. The van der Waals surface area contributed by atoms with E-state index in [4.69, 9.17) is 11.6 Å². The smallest absolute Gasteiger partial charge is 0.258 e. The van der Waals surface area contributed by atoms with E-state index in [-0.39, 0.29) is 10.6 Å². The summed E-state index contributed by atoms with van der Waals surface area (Å²) in [7, 11) is 0. The summed E-state index contributed by atoms with van der Waals surface area (Å²) in [6.45, 7) is 0. The van der Waals surface area contributed by atoms with E-state index >= 15 is 0 Å². The predicted octanol–water partition coefficient (Wildman–Crippen LogP) is 7.25. The van der Waals surface area contributed by atoms with Gasteiger partial charge in [0.15, 0.2) is 0 Å². The van der Waals surface area contributed by atoms with Crippen LogP contribution in [0.1, 0.15) is 0 Å². The summed E-state index contributed by atoms with van der Waals surface area (Å²) < 4.78 is 0. The minimum absolute atomic E-state index is 0.0426.